The topological polar surface area (TPSA) is 71.5 Å². The average Bonchev–Trinajstić information content (AvgIpc) is 2.99. The van der Waals surface area contributed by atoms with Crippen molar-refractivity contribution in [3.63, 3.8) is 0 Å². The smallest absolute Gasteiger partial charge is 0.337 e. The minimum atomic E-state index is -1.03. The molecule has 2 aliphatic heterocycles. The van der Waals surface area contributed by atoms with Crippen molar-refractivity contribution in [2.24, 2.45) is 5.92 Å². The Morgan fingerprint density at radius 1 is 1.58 bits per heavy atom. The normalized spacial score (nSPS) is 28.6. The first-order valence-electron chi connectivity index (χ1n) is 6.41. The molecule has 0 aromatic carbocycles. The molecular formula is C13H15ClN2O3. The van der Waals surface area contributed by atoms with Crippen molar-refractivity contribution in [2.75, 3.05) is 11.9 Å². The average molecular weight is 283 g/mol. The molecule has 3 heterocycles. The third kappa shape index (κ3) is 2.53. The van der Waals surface area contributed by atoms with Crippen molar-refractivity contribution in [1.29, 1.82) is 0 Å². The predicted octanol–water partition coefficient (Wildman–Crippen LogP) is 2.41. The molecule has 0 radical (unpaired) electrons. The van der Waals surface area contributed by atoms with Crippen molar-refractivity contribution < 1.29 is 14.6 Å². The highest BCUT2D eigenvalue weighted by molar-refractivity contribution is 6.33. The van der Waals surface area contributed by atoms with Gasteiger partial charge >= 0.3 is 5.97 Å². The third-order valence-corrected chi connectivity index (χ3v) is 4.14. The highest BCUT2D eigenvalue weighted by atomic mass is 35.5. The van der Waals surface area contributed by atoms with Gasteiger partial charge in [0.1, 0.15) is 5.82 Å². The van der Waals surface area contributed by atoms with Gasteiger partial charge in [-0.15, -0.1) is 0 Å². The van der Waals surface area contributed by atoms with E-state index in [1.807, 2.05) is 0 Å². The van der Waals surface area contributed by atoms with Crippen molar-refractivity contribution >= 4 is 23.4 Å². The van der Waals surface area contributed by atoms with E-state index in [2.05, 4.69) is 10.3 Å². The van der Waals surface area contributed by atoms with Crippen LogP contribution in [-0.4, -0.2) is 34.8 Å². The van der Waals surface area contributed by atoms with Gasteiger partial charge in [0.2, 0.25) is 0 Å². The summed E-state index contributed by atoms with van der Waals surface area (Å²) in [6.45, 7) is 0.764. The van der Waals surface area contributed by atoms with Crippen molar-refractivity contribution in [3.8, 4) is 0 Å². The van der Waals surface area contributed by atoms with Gasteiger partial charge in [0.15, 0.2) is 0 Å². The van der Waals surface area contributed by atoms with Gasteiger partial charge in [0, 0.05) is 18.7 Å². The molecule has 2 bridgehead atoms. The molecule has 3 unspecified atom stereocenters. The minimum Gasteiger partial charge on any atom is -0.478 e. The summed E-state index contributed by atoms with van der Waals surface area (Å²) in [6.07, 6.45) is 5.49. The first kappa shape index (κ1) is 12.7. The lowest BCUT2D eigenvalue weighted by Gasteiger charge is -2.19. The van der Waals surface area contributed by atoms with Crippen LogP contribution in [-0.2, 0) is 4.74 Å². The van der Waals surface area contributed by atoms with Gasteiger partial charge in [0.25, 0.3) is 0 Å². The van der Waals surface area contributed by atoms with Crippen LogP contribution in [0.25, 0.3) is 0 Å². The summed E-state index contributed by atoms with van der Waals surface area (Å²) in [5, 5.41) is 12.4. The molecule has 0 spiro atoms. The molecule has 2 N–H and O–H groups in total. The first-order chi connectivity index (χ1) is 9.13. The fraction of sp³-hybridized carbons (Fsp3) is 0.538. The van der Waals surface area contributed by atoms with Gasteiger partial charge in [-0.25, -0.2) is 9.78 Å². The highest BCUT2D eigenvalue weighted by Gasteiger charge is 2.40. The zero-order valence-corrected chi connectivity index (χ0v) is 11.1. The predicted molar refractivity (Wildman–Crippen MR) is 70.7 cm³/mol. The van der Waals surface area contributed by atoms with Crippen LogP contribution in [0.3, 0.4) is 0 Å². The molecule has 5 nitrogen and oxygen atoms in total. The molecule has 1 aromatic rings. The summed E-state index contributed by atoms with van der Waals surface area (Å²) in [5.41, 5.74) is 0.0961. The van der Waals surface area contributed by atoms with Gasteiger partial charge in [-0.05, 0) is 25.3 Å². The van der Waals surface area contributed by atoms with Crippen LogP contribution in [0.15, 0.2) is 12.3 Å². The molecule has 0 aliphatic carbocycles. The fourth-order valence-corrected chi connectivity index (χ4v) is 3.10. The van der Waals surface area contributed by atoms with Gasteiger partial charge in [-0.1, -0.05) is 11.6 Å². The highest BCUT2D eigenvalue weighted by Crippen LogP contribution is 2.38. The second kappa shape index (κ2) is 4.98. The van der Waals surface area contributed by atoms with E-state index in [0.717, 1.165) is 19.4 Å². The Hall–Kier alpha value is -1.33. The van der Waals surface area contributed by atoms with Crippen molar-refractivity contribution in [2.45, 2.75) is 31.5 Å². The number of carbonyl (C=O) groups is 1. The van der Waals surface area contributed by atoms with E-state index >= 15 is 0 Å². The summed E-state index contributed by atoms with van der Waals surface area (Å²) in [7, 11) is 0. The zero-order valence-electron chi connectivity index (χ0n) is 10.3. The van der Waals surface area contributed by atoms with Crippen LogP contribution < -0.4 is 5.32 Å². The van der Waals surface area contributed by atoms with Crippen LogP contribution in [0, 0.1) is 5.92 Å². The van der Waals surface area contributed by atoms with E-state index in [0.29, 0.717) is 29.0 Å². The lowest BCUT2D eigenvalue weighted by molar-refractivity contribution is 0.0696. The van der Waals surface area contributed by atoms with Crippen LogP contribution >= 0.6 is 11.6 Å². The number of aromatic nitrogens is 1. The minimum absolute atomic E-state index is 0.0961. The Bertz CT molecular complexity index is 509. The Morgan fingerprint density at radius 2 is 2.42 bits per heavy atom. The summed E-state index contributed by atoms with van der Waals surface area (Å²) >= 11 is 6.02. The number of carboxylic acid groups (broad SMARTS) is 1. The van der Waals surface area contributed by atoms with Gasteiger partial charge < -0.3 is 15.2 Å². The maximum atomic E-state index is 10.8. The lowest BCUT2D eigenvalue weighted by atomic mass is 9.89. The van der Waals surface area contributed by atoms with E-state index in [1.54, 1.807) is 0 Å². The molecule has 19 heavy (non-hydrogen) atoms. The van der Waals surface area contributed by atoms with E-state index < -0.39 is 5.97 Å². The standard InChI is InChI=1S/C13H15ClN2O3/c14-10-4-8(13(17)18)6-16-12(10)15-5-7-3-9-1-2-11(7)19-9/h4,6-7,9,11H,1-3,5H2,(H,15,16)(H,17,18). The molecule has 0 saturated carbocycles. The Morgan fingerprint density at radius 3 is 3.00 bits per heavy atom. The van der Waals surface area contributed by atoms with Crippen LogP contribution in [0.5, 0.6) is 0 Å². The van der Waals surface area contributed by atoms with E-state index in [1.165, 1.54) is 18.7 Å². The van der Waals surface area contributed by atoms with E-state index in [9.17, 15) is 4.79 Å². The van der Waals surface area contributed by atoms with Gasteiger partial charge in [-0.2, -0.15) is 0 Å². The molecule has 6 heteroatoms. The number of carboxylic acids is 1. The lowest BCUT2D eigenvalue weighted by Crippen LogP contribution is -2.24. The Labute approximate surface area is 115 Å². The van der Waals surface area contributed by atoms with Crippen molar-refractivity contribution in [3.05, 3.63) is 22.8 Å². The summed E-state index contributed by atoms with van der Waals surface area (Å²) in [4.78, 5) is 14.8. The number of anilines is 1. The number of aromatic carboxylic acids is 1. The largest absolute Gasteiger partial charge is 0.478 e. The number of nitrogens with one attached hydrogen (secondary N) is 1. The molecule has 1 aromatic heterocycles. The van der Waals surface area contributed by atoms with Crippen LogP contribution in [0.4, 0.5) is 5.82 Å². The second-order valence-electron chi connectivity index (χ2n) is 5.11. The number of pyridine rings is 1. The number of hydrogen-bond acceptors (Lipinski definition) is 4. The van der Waals surface area contributed by atoms with Crippen LogP contribution in [0.2, 0.25) is 5.02 Å². The zero-order chi connectivity index (χ0) is 13.4. The molecular weight excluding hydrogens is 268 g/mol. The summed E-state index contributed by atoms with van der Waals surface area (Å²) in [5.74, 6) is 0.00709. The molecule has 102 valence electrons. The summed E-state index contributed by atoms with van der Waals surface area (Å²) in [6, 6.07) is 1.41. The third-order valence-electron chi connectivity index (χ3n) is 3.85. The number of fused-ring (bicyclic) bond motifs is 2. The van der Waals surface area contributed by atoms with Gasteiger partial charge in [0.05, 0.1) is 22.8 Å². The number of rotatable bonds is 4. The number of ether oxygens (including phenoxy) is 1. The quantitative estimate of drug-likeness (QED) is 0.887. The monoisotopic (exact) mass is 282 g/mol. The Kier molecular flexibility index (Phi) is 3.33. The van der Waals surface area contributed by atoms with Crippen molar-refractivity contribution in [1.82, 2.24) is 4.98 Å². The molecule has 2 aliphatic rings. The van der Waals surface area contributed by atoms with E-state index in [4.69, 9.17) is 21.4 Å². The maximum Gasteiger partial charge on any atom is 0.337 e. The molecule has 3 rings (SSSR count). The Balaban J connectivity index is 1.62. The second-order valence-corrected chi connectivity index (χ2v) is 5.52. The first-order valence-corrected chi connectivity index (χ1v) is 6.79. The van der Waals surface area contributed by atoms with Crippen LogP contribution in [0.1, 0.15) is 29.6 Å². The molecule has 3 atom stereocenters. The van der Waals surface area contributed by atoms with Gasteiger partial charge in [-0.3, -0.25) is 0 Å². The fourth-order valence-electron chi connectivity index (χ4n) is 2.87. The number of hydrogen-bond donors (Lipinski definition) is 2. The maximum absolute atomic E-state index is 10.8. The SMILES string of the molecule is O=C(O)c1cnc(NCC2CC3CCC2O3)c(Cl)c1. The molecule has 2 saturated heterocycles. The number of halogens is 1. The molecule has 2 fully saturated rings. The summed E-state index contributed by atoms with van der Waals surface area (Å²) < 4.78 is 5.78. The molecule has 0 amide bonds. The van der Waals surface area contributed by atoms with E-state index in [-0.39, 0.29) is 5.56 Å². The number of nitrogens with zero attached hydrogens (tertiary/aromatic N) is 1.